The molecule has 4 aliphatic rings. The number of hydrogen-bond acceptors (Lipinski definition) is 3. The van der Waals surface area contributed by atoms with Gasteiger partial charge >= 0.3 is 5.97 Å². The monoisotopic (exact) mass is 332 g/mol. The molecule has 0 aromatic rings. The van der Waals surface area contributed by atoms with Gasteiger partial charge in [0.25, 0.3) is 0 Å². The zero-order valence-electron chi connectivity index (χ0n) is 15.5. The van der Waals surface area contributed by atoms with Gasteiger partial charge in [-0.2, -0.15) is 0 Å². The molecular weight excluding hydrogens is 300 g/mol. The fraction of sp³-hybridized carbons (Fsp3) is 0.905. The molecule has 0 aromatic heterocycles. The van der Waals surface area contributed by atoms with Crippen LogP contribution in [0.4, 0.5) is 0 Å². The van der Waals surface area contributed by atoms with E-state index in [4.69, 9.17) is 4.74 Å². The third-order valence-corrected chi connectivity index (χ3v) is 8.66. The van der Waals surface area contributed by atoms with Gasteiger partial charge in [-0.25, -0.2) is 0 Å². The predicted octanol–water partition coefficient (Wildman–Crippen LogP) is 4.53. The van der Waals surface area contributed by atoms with Gasteiger partial charge in [0, 0.05) is 18.8 Å². The Kier molecular flexibility index (Phi) is 3.85. The van der Waals surface area contributed by atoms with Crippen molar-refractivity contribution in [2.75, 3.05) is 0 Å². The molecule has 0 saturated heterocycles. The quantitative estimate of drug-likeness (QED) is 0.663. The number of fused-ring (bicyclic) bond motifs is 5. The van der Waals surface area contributed by atoms with E-state index >= 15 is 0 Å². The molecule has 7 atom stereocenters. The van der Waals surface area contributed by atoms with Gasteiger partial charge in [-0.3, -0.25) is 9.59 Å². The molecule has 4 aliphatic carbocycles. The van der Waals surface area contributed by atoms with Crippen molar-refractivity contribution in [1.82, 2.24) is 0 Å². The number of ether oxygens (including phenoxy) is 1. The van der Waals surface area contributed by atoms with Crippen LogP contribution in [0.2, 0.25) is 0 Å². The summed E-state index contributed by atoms with van der Waals surface area (Å²) in [5, 5.41) is 0. The largest absolute Gasteiger partial charge is 0.463 e. The maximum absolute atomic E-state index is 12.5. The molecule has 0 spiro atoms. The van der Waals surface area contributed by atoms with Crippen LogP contribution >= 0.6 is 0 Å². The normalized spacial score (nSPS) is 50.6. The fourth-order valence-corrected chi connectivity index (χ4v) is 7.33. The summed E-state index contributed by atoms with van der Waals surface area (Å²) in [5.41, 5.74) is 0.381. The van der Waals surface area contributed by atoms with Crippen molar-refractivity contribution in [2.45, 2.75) is 84.7 Å². The minimum atomic E-state index is -0.129. The summed E-state index contributed by atoms with van der Waals surface area (Å²) in [6.07, 6.45) is 10.2. The van der Waals surface area contributed by atoms with Crippen LogP contribution < -0.4 is 0 Å². The number of carbonyl (C=O) groups is 2. The molecule has 4 fully saturated rings. The van der Waals surface area contributed by atoms with Crippen LogP contribution in [0.1, 0.15) is 78.6 Å². The van der Waals surface area contributed by atoms with E-state index in [0.717, 1.165) is 43.9 Å². The number of Topliss-reactive ketones (excluding diaryl/α,β-unsaturated/α-hetero) is 1. The first-order valence-corrected chi connectivity index (χ1v) is 10.0. The Balaban J connectivity index is 1.54. The van der Waals surface area contributed by atoms with Crippen LogP contribution in [0.3, 0.4) is 0 Å². The second-order valence-electron chi connectivity index (χ2n) is 9.58. The van der Waals surface area contributed by atoms with E-state index in [1.54, 1.807) is 0 Å². The summed E-state index contributed by atoms with van der Waals surface area (Å²) in [6.45, 7) is 6.30. The third-order valence-electron chi connectivity index (χ3n) is 8.66. The van der Waals surface area contributed by atoms with Crippen LogP contribution in [0.15, 0.2) is 0 Å². The maximum Gasteiger partial charge on any atom is 0.302 e. The van der Waals surface area contributed by atoms with Crippen molar-refractivity contribution < 1.29 is 14.3 Å². The smallest absolute Gasteiger partial charge is 0.302 e. The first-order valence-electron chi connectivity index (χ1n) is 10.0. The highest BCUT2D eigenvalue weighted by Gasteiger charge is 2.60. The molecule has 0 amide bonds. The fourth-order valence-electron chi connectivity index (χ4n) is 7.33. The molecule has 3 nitrogen and oxygen atoms in total. The number of hydrogen-bond donors (Lipinski definition) is 0. The average molecular weight is 332 g/mol. The number of carbonyl (C=O) groups excluding carboxylic acids is 2. The standard InChI is InChI=1S/C21H32O3/c1-13(22)24-15-8-10-20(2)14(12-15)4-5-16-17-6-7-19(23)21(17,3)11-9-18(16)20/h14-18H,4-12H2,1-3H3/t14-,15-,16+,17-,18+,20-,21-/m1/s1. The SMILES string of the molecule is CC(=O)O[C@@H]1CC[C@]2(C)[C@H](CC[C@H]3[C@H]4CCC(=O)[C@]4(C)CC[C@@H]32)C1. The van der Waals surface area contributed by atoms with Gasteiger partial charge in [0.2, 0.25) is 0 Å². The van der Waals surface area contributed by atoms with Gasteiger partial charge in [0.1, 0.15) is 11.9 Å². The van der Waals surface area contributed by atoms with Crippen LogP contribution in [0.5, 0.6) is 0 Å². The maximum atomic E-state index is 12.5. The highest BCUT2D eigenvalue weighted by Crippen LogP contribution is 2.65. The lowest BCUT2D eigenvalue weighted by Crippen LogP contribution is -2.54. The van der Waals surface area contributed by atoms with Crippen molar-refractivity contribution in [3.05, 3.63) is 0 Å². The average Bonchev–Trinajstić information content (AvgIpc) is 2.83. The van der Waals surface area contributed by atoms with Gasteiger partial charge in [-0.1, -0.05) is 13.8 Å². The van der Waals surface area contributed by atoms with Gasteiger partial charge in [-0.05, 0) is 80.5 Å². The lowest BCUT2D eigenvalue weighted by atomic mass is 9.45. The predicted molar refractivity (Wildman–Crippen MR) is 92.3 cm³/mol. The lowest BCUT2D eigenvalue weighted by Gasteiger charge is -2.60. The van der Waals surface area contributed by atoms with Crippen LogP contribution in [-0.2, 0) is 14.3 Å². The van der Waals surface area contributed by atoms with Gasteiger partial charge in [0.15, 0.2) is 0 Å². The summed E-state index contributed by atoms with van der Waals surface area (Å²) in [5.74, 6) is 3.26. The summed E-state index contributed by atoms with van der Waals surface area (Å²) in [4.78, 5) is 23.8. The molecule has 24 heavy (non-hydrogen) atoms. The molecule has 0 aromatic carbocycles. The van der Waals surface area contributed by atoms with Crippen LogP contribution in [-0.4, -0.2) is 17.9 Å². The molecule has 4 rings (SSSR count). The van der Waals surface area contributed by atoms with Crippen LogP contribution in [0.25, 0.3) is 0 Å². The molecular formula is C21H32O3. The Morgan fingerprint density at radius 2 is 1.83 bits per heavy atom. The summed E-state index contributed by atoms with van der Waals surface area (Å²) >= 11 is 0. The zero-order valence-corrected chi connectivity index (χ0v) is 15.5. The number of ketones is 1. The second kappa shape index (κ2) is 5.57. The first kappa shape index (κ1) is 16.6. The number of rotatable bonds is 1. The highest BCUT2D eigenvalue weighted by molar-refractivity contribution is 5.87. The molecule has 0 aliphatic heterocycles. The van der Waals surface area contributed by atoms with E-state index < -0.39 is 0 Å². The molecule has 0 bridgehead atoms. The number of esters is 1. The summed E-state index contributed by atoms with van der Waals surface area (Å²) < 4.78 is 5.54. The Bertz CT molecular complexity index is 555. The summed E-state index contributed by atoms with van der Waals surface area (Å²) in [6, 6.07) is 0. The molecule has 0 heterocycles. The van der Waals surface area contributed by atoms with Crippen molar-refractivity contribution in [3.63, 3.8) is 0 Å². The lowest BCUT2D eigenvalue weighted by molar-refractivity contribution is -0.160. The van der Waals surface area contributed by atoms with Gasteiger partial charge in [-0.15, -0.1) is 0 Å². The topological polar surface area (TPSA) is 43.4 Å². The van der Waals surface area contributed by atoms with E-state index in [-0.39, 0.29) is 17.5 Å². The Labute approximate surface area is 145 Å². The van der Waals surface area contributed by atoms with Gasteiger partial charge in [0.05, 0.1) is 0 Å². The van der Waals surface area contributed by atoms with E-state index in [9.17, 15) is 9.59 Å². The van der Waals surface area contributed by atoms with Crippen molar-refractivity contribution >= 4 is 11.8 Å². The molecule has 3 heteroatoms. The van der Waals surface area contributed by atoms with Crippen molar-refractivity contribution in [2.24, 2.45) is 34.5 Å². The Morgan fingerprint density at radius 3 is 2.58 bits per heavy atom. The molecule has 4 saturated carbocycles. The van der Waals surface area contributed by atoms with E-state index in [1.165, 1.54) is 32.6 Å². The van der Waals surface area contributed by atoms with Crippen molar-refractivity contribution in [1.29, 1.82) is 0 Å². The Hall–Kier alpha value is -0.860. The molecule has 134 valence electrons. The summed E-state index contributed by atoms with van der Waals surface area (Å²) in [7, 11) is 0. The van der Waals surface area contributed by atoms with Gasteiger partial charge < -0.3 is 4.74 Å². The highest BCUT2D eigenvalue weighted by atomic mass is 16.5. The second-order valence-corrected chi connectivity index (χ2v) is 9.58. The van der Waals surface area contributed by atoms with E-state index in [0.29, 0.717) is 23.0 Å². The zero-order chi connectivity index (χ0) is 17.1. The van der Waals surface area contributed by atoms with E-state index in [2.05, 4.69) is 13.8 Å². The molecule has 0 radical (unpaired) electrons. The first-order chi connectivity index (χ1) is 11.3. The third kappa shape index (κ3) is 2.29. The minimum Gasteiger partial charge on any atom is -0.463 e. The van der Waals surface area contributed by atoms with Crippen molar-refractivity contribution in [3.8, 4) is 0 Å². The van der Waals surface area contributed by atoms with Crippen LogP contribution in [0, 0.1) is 34.5 Å². The molecule has 0 N–H and O–H groups in total. The minimum absolute atomic E-state index is 0.0146. The molecule has 0 unspecified atom stereocenters. The van der Waals surface area contributed by atoms with E-state index in [1.807, 2.05) is 0 Å². The Morgan fingerprint density at radius 1 is 1.04 bits per heavy atom.